The molecule has 5 nitrogen and oxygen atoms in total. The molecule has 1 aromatic heterocycles. The monoisotopic (exact) mass is 399 g/mol. The Labute approximate surface area is 164 Å². The van der Waals surface area contributed by atoms with E-state index in [2.05, 4.69) is 16.4 Å². The fraction of sp³-hybridized carbons (Fsp3) is 0.105. The Morgan fingerprint density at radius 2 is 1.96 bits per heavy atom. The number of hydrogen-bond donors (Lipinski definition) is 1. The van der Waals surface area contributed by atoms with Crippen LogP contribution in [0.4, 0.5) is 10.1 Å². The number of nitriles is 1. The maximum absolute atomic E-state index is 13.0. The lowest BCUT2D eigenvalue weighted by Crippen LogP contribution is -2.14. The van der Waals surface area contributed by atoms with Gasteiger partial charge >= 0.3 is 0 Å². The average molecular weight is 399 g/mol. The van der Waals surface area contributed by atoms with Crippen molar-refractivity contribution in [2.24, 2.45) is 0 Å². The van der Waals surface area contributed by atoms with Crippen LogP contribution in [0.5, 0.6) is 0 Å². The largest absolute Gasteiger partial charge is 0.431 e. The van der Waals surface area contributed by atoms with Crippen molar-refractivity contribution in [3.05, 3.63) is 60.5 Å². The second-order valence-corrected chi connectivity index (χ2v) is 7.22. The minimum Gasteiger partial charge on any atom is -0.431 e. The Morgan fingerprint density at radius 1 is 1.19 bits per heavy atom. The number of carbonyl (C=O) groups is 1. The SMILES string of the molecule is N#CCSc1ccccc1NC(=O)CSc1ncc(-c2ccc(F)cc2)o1. The van der Waals surface area contributed by atoms with E-state index < -0.39 is 0 Å². The summed E-state index contributed by atoms with van der Waals surface area (Å²) in [5.41, 5.74) is 1.38. The van der Waals surface area contributed by atoms with E-state index in [4.69, 9.17) is 9.68 Å². The second-order valence-electron chi connectivity index (χ2n) is 5.28. The number of amides is 1. The molecule has 0 saturated carbocycles. The fourth-order valence-electron chi connectivity index (χ4n) is 2.19. The van der Waals surface area contributed by atoms with E-state index in [-0.39, 0.29) is 17.5 Å². The number of nitrogens with zero attached hydrogens (tertiary/aromatic N) is 2. The highest BCUT2D eigenvalue weighted by Crippen LogP contribution is 2.28. The zero-order valence-corrected chi connectivity index (χ0v) is 15.6. The summed E-state index contributed by atoms with van der Waals surface area (Å²) in [6, 6.07) is 15.3. The third-order valence-electron chi connectivity index (χ3n) is 3.39. The number of halogens is 1. The number of nitrogens with one attached hydrogen (secondary N) is 1. The number of anilines is 1. The molecule has 3 rings (SSSR count). The maximum Gasteiger partial charge on any atom is 0.256 e. The lowest BCUT2D eigenvalue weighted by Gasteiger charge is -2.08. The van der Waals surface area contributed by atoms with Crippen molar-refractivity contribution in [1.29, 1.82) is 5.26 Å². The van der Waals surface area contributed by atoms with Gasteiger partial charge in [-0.15, -0.1) is 11.8 Å². The van der Waals surface area contributed by atoms with Crippen molar-refractivity contribution in [3.63, 3.8) is 0 Å². The third kappa shape index (κ3) is 5.36. The highest BCUT2D eigenvalue weighted by molar-refractivity contribution is 8.00. The van der Waals surface area contributed by atoms with Crippen molar-refractivity contribution in [2.45, 2.75) is 10.1 Å². The number of hydrogen-bond acceptors (Lipinski definition) is 6. The number of rotatable bonds is 7. The first-order valence-corrected chi connectivity index (χ1v) is 9.86. The standard InChI is InChI=1S/C19H14FN3O2S2/c20-14-7-5-13(6-8-14)16-11-22-19(25-16)27-12-18(24)23-15-3-1-2-4-17(15)26-10-9-21/h1-8,11H,10,12H2,(H,23,24). The molecule has 1 amide bonds. The predicted octanol–water partition coefficient (Wildman–Crippen LogP) is 4.83. The number of thioether (sulfide) groups is 2. The molecule has 0 aliphatic heterocycles. The normalized spacial score (nSPS) is 10.4. The summed E-state index contributed by atoms with van der Waals surface area (Å²) in [5, 5.41) is 11.9. The van der Waals surface area contributed by atoms with Gasteiger partial charge in [0.2, 0.25) is 5.91 Å². The van der Waals surface area contributed by atoms with Gasteiger partial charge in [0, 0.05) is 10.5 Å². The van der Waals surface area contributed by atoms with E-state index in [1.54, 1.807) is 24.4 Å². The first kappa shape index (κ1) is 19.0. The van der Waals surface area contributed by atoms with E-state index >= 15 is 0 Å². The zero-order chi connectivity index (χ0) is 19.1. The Hall–Kier alpha value is -2.76. The second kappa shape index (κ2) is 9.26. The van der Waals surface area contributed by atoms with Crippen LogP contribution in [0.25, 0.3) is 11.3 Å². The Kier molecular flexibility index (Phi) is 6.52. The summed E-state index contributed by atoms with van der Waals surface area (Å²) in [4.78, 5) is 17.2. The van der Waals surface area contributed by atoms with Crippen LogP contribution in [0.3, 0.4) is 0 Å². The quantitative estimate of drug-likeness (QED) is 0.574. The molecule has 8 heteroatoms. The molecule has 0 aliphatic carbocycles. The van der Waals surface area contributed by atoms with Crippen LogP contribution in [0.1, 0.15) is 0 Å². The molecule has 0 saturated heterocycles. The molecule has 0 spiro atoms. The molecule has 0 unspecified atom stereocenters. The zero-order valence-electron chi connectivity index (χ0n) is 14.0. The molecule has 0 radical (unpaired) electrons. The van der Waals surface area contributed by atoms with Crippen LogP contribution < -0.4 is 5.32 Å². The van der Waals surface area contributed by atoms with Gasteiger partial charge in [-0.3, -0.25) is 4.79 Å². The molecule has 136 valence electrons. The van der Waals surface area contributed by atoms with Gasteiger partial charge in [0.05, 0.1) is 29.5 Å². The van der Waals surface area contributed by atoms with Crippen LogP contribution in [0.2, 0.25) is 0 Å². The van der Waals surface area contributed by atoms with Crippen LogP contribution in [0, 0.1) is 17.1 Å². The number of oxazole rings is 1. The molecule has 2 aromatic carbocycles. The van der Waals surface area contributed by atoms with E-state index in [0.717, 1.165) is 4.90 Å². The molecule has 0 bridgehead atoms. The first-order chi connectivity index (χ1) is 13.2. The van der Waals surface area contributed by atoms with Crippen LogP contribution in [0.15, 0.2) is 69.3 Å². The number of carbonyl (C=O) groups excluding carboxylic acids is 1. The maximum atomic E-state index is 13.0. The molecule has 0 atom stereocenters. The van der Waals surface area contributed by atoms with Gasteiger partial charge in [0.1, 0.15) is 5.82 Å². The van der Waals surface area contributed by atoms with Gasteiger partial charge in [-0.2, -0.15) is 5.26 Å². The lowest BCUT2D eigenvalue weighted by molar-refractivity contribution is -0.113. The van der Waals surface area contributed by atoms with Crippen molar-refractivity contribution in [1.82, 2.24) is 4.98 Å². The van der Waals surface area contributed by atoms with Crippen molar-refractivity contribution >= 4 is 35.1 Å². The number of benzene rings is 2. The summed E-state index contributed by atoms with van der Waals surface area (Å²) >= 11 is 2.53. The summed E-state index contributed by atoms with van der Waals surface area (Å²) < 4.78 is 18.6. The van der Waals surface area contributed by atoms with Crippen molar-refractivity contribution in [3.8, 4) is 17.4 Å². The van der Waals surface area contributed by atoms with E-state index in [1.807, 2.05) is 18.2 Å². The Bertz CT molecular complexity index is 968. The number of aromatic nitrogens is 1. The first-order valence-electron chi connectivity index (χ1n) is 7.89. The molecular weight excluding hydrogens is 385 g/mol. The molecule has 1 N–H and O–H groups in total. The van der Waals surface area contributed by atoms with Crippen LogP contribution >= 0.6 is 23.5 Å². The minimum atomic E-state index is -0.322. The predicted molar refractivity (Wildman–Crippen MR) is 104 cm³/mol. The van der Waals surface area contributed by atoms with Gasteiger partial charge in [0.15, 0.2) is 5.76 Å². The third-order valence-corrected chi connectivity index (χ3v) is 5.18. The fourth-order valence-corrected chi connectivity index (χ4v) is 3.46. The summed E-state index contributed by atoms with van der Waals surface area (Å²) in [5.74, 6) is 0.422. The molecule has 0 fully saturated rings. The Balaban J connectivity index is 1.57. The average Bonchev–Trinajstić information content (AvgIpc) is 3.15. The van der Waals surface area contributed by atoms with Crippen molar-refractivity contribution in [2.75, 3.05) is 16.8 Å². The van der Waals surface area contributed by atoms with E-state index in [0.29, 0.717) is 28.0 Å². The molecular formula is C19H14FN3O2S2. The smallest absolute Gasteiger partial charge is 0.256 e. The van der Waals surface area contributed by atoms with Gasteiger partial charge in [-0.1, -0.05) is 23.9 Å². The topological polar surface area (TPSA) is 78.9 Å². The van der Waals surface area contributed by atoms with Crippen LogP contribution in [-0.4, -0.2) is 22.4 Å². The highest BCUT2D eigenvalue weighted by Gasteiger charge is 2.11. The minimum absolute atomic E-state index is 0.126. The molecule has 0 aliphatic rings. The lowest BCUT2D eigenvalue weighted by atomic mass is 10.2. The van der Waals surface area contributed by atoms with E-state index in [1.165, 1.54) is 35.7 Å². The van der Waals surface area contributed by atoms with Crippen LogP contribution in [-0.2, 0) is 4.79 Å². The summed E-state index contributed by atoms with van der Waals surface area (Å²) in [7, 11) is 0. The molecule has 1 heterocycles. The van der Waals surface area contributed by atoms with E-state index in [9.17, 15) is 9.18 Å². The summed E-state index contributed by atoms with van der Waals surface area (Å²) in [6.07, 6.45) is 1.54. The summed E-state index contributed by atoms with van der Waals surface area (Å²) in [6.45, 7) is 0. The molecule has 27 heavy (non-hydrogen) atoms. The number of para-hydroxylation sites is 1. The highest BCUT2D eigenvalue weighted by atomic mass is 32.2. The van der Waals surface area contributed by atoms with Gasteiger partial charge in [-0.25, -0.2) is 9.37 Å². The van der Waals surface area contributed by atoms with Crippen molar-refractivity contribution < 1.29 is 13.6 Å². The van der Waals surface area contributed by atoms with Gasteiger partial charge in [-0.05, 0) is 36.4 Å². The van der Waals surface area contributed by atoms with Gasteiger partial charge in [0.25, 0.3) is 5.22 Å². The van der Waals surface area contributed by atoms with Gasteiger partial charge < -0.3 is 9.73 Å². The molecule has 3 aromatic rings. The Morgan fingerprint density at radius 3 is 2.74 bits per heavy atom.